The van der Waals surface area contributed by atoms with E-state index < -0.39 is 0 Å². The van der Waals surface area contributed by atoms with E-state index in [0.717, 1.165) is 16.9 Å². The van der Waals surface area contributed by atoms with Crippen molar-refractivity contribution in [2.75, 3.05) is 9.80 Å². The molecule has 0 aliphatic carbocycles. The number of carbonyl (C=O) groups excluding carboxylic acids is 2. The summed E-state index contributed by atoms with van der Waals surface area (Å²) in [6.07, 6.45) is 3.91. The third-order valence-electron chi connectivity index (χ3n) is 5.39. The van der Waals surface area contributed by atoms with Gasteiger partial charge < -0.3 is 9.80 Å². The first-order valence-electron chi connectivity index (χ1n) is 9.75. The molecule has 0 saturated carbocycles. The summed E-state index contributed by atoms with van der Waals surface area (Å²) in [6.45, 7) is 3.63. The summed E-state index contributed by atoms with van der Waals surface area (Å²) in [4.78, 5) is 33.6. The van der Waals surface area contributed by atoms with Crippen LogP contribution in [0.2, 0.25) is 0 Å². The molecule has 1 aromatic heterocycles. The van der Waals surface area contributed by atoms with E-state index in [2.05, 4.69) is 4.98 Å². The minimum absolute atomic E-state index is 0.0166. The van der Waals surface area contributed by atoms with Gasteiger partial charge in [0, 0.05) is 42.3 Å². The van der Waals surface area contributed by atoms with Crippen molar-refractivity contribution in [1.29, 1.82) is 0 Å². The third-order valence-corrected chi connectivity index (χ3v) is 5.39. The molecule has 1 aliphatic heterocycles. The fraction of sp³-hybridized carbons (Fsp3) is 0.208. The Kier molecular flexibility index (Phi) is 5.12. The standard InChI is InChI=1S/C24H23N3O2/c1-17-16-23(27(18(2)28)20-8-4-3-5-9-20)21-10-6-7-11-22(21)26(17)24(29)19-12-14-25-15-13-19/h3-15,17,23H,16H2,1-2H3. The highest BCUT2D eigenvalue weighted by atomic mass is 16.2. The van der Waals surface area contributed by atoms with Gasteiger partial charge in [-0.15, -0.1) is 0 Å². The second kappa shape index (κ2) is 7.87. The zero-order chi connectivity index (χ0) is 20.4. The molecule has 1 aliphatic rings. The lowest BCUT2D eigenvalue weighted by Crippen LogP contribution is -2.47. The molecule has 2 unspecified atom stereocenters. The van der Waals surface area contributed by atoms with E-state index in [4.69, 9.17) is 0 Å². The Bertz CT molecular complexity index is 1020. The zero-order valence-electron chi connectivity index (χ0n) is 16.5. The minimum atomic E-state index is -0.136. The van der Waals surface area contributed by atoms with Gasteiger partial charge in [-0.05, 0) is 49.2 Å². The number of benzene rings is 2. The van der Waals surface area contributed by atoms with Gasteiger partial charge in [-0.1, -0.05) is 36.4 Å². The highest BCUT2D eigenvalue weighted by molar-refractivity contribution is 6.07. The number of carbonyl (C=O) groups is 2. The lowest BCUT2D eigenvalue weighted by Gasteiger charge is -2.43. The van der Waals surface area contributed by atoms with E-state index in [1.807, 2.05) is 71.3 Å². The van der Waals surface area contributed by atoms with Gasteiger partial charge >= 0.3 is 0 Å². The Morgan fingerprint density at radius 3 is 2.31 bits per heavy atom. The molecule has 146 valence electrons. The van der Waals surface area contributed by atoms with Crippen molar-refractivity contribution in [2.24, 2.45) is 0 Å². The maximum atomic E-state index is 13.3. The number of hydrogen-bond donors (Lipinski definition) is 0. The average molecular weight is 385 g/mol. The maximum Gasteiger partial charge on any atom is 0.258 e. The number of amides is 2. The first-order chi connectivity index (χ1) is 14.1. The van der Waals surface area contributed by atoms with Crippen LogP contribution in [0.15, 0.2) is 79.1 Å². The molecule has 0 N–H and O–H groups in total. The summed E-state index contributed by atoms with van der Waals surface area (Å²) >= 11 is 0. The molecule has 0 bridgehead atoms. The van der Waals surface area contributed by atoms with E-state index >= 15 is 0 Å². The second-order valence-corrected chi connectivity index (χ2v) is 7.29. The van der Waals surface area contributed by atoms with Crippen molar-refractivity contribution in [3.05, 3.63) is 90.3 Å². The Morgan fingerprint density at radius 1 is 0.966 bits per heavy atom. The van der Waals surface area contributed by atoms with Crippen molar-refractivity contribution in [3.63, 3.8) is 0 Å². The van der Waals surface area contributed by atoms with Crippen LogP contribution in [0.3, 0.4) is 0 Å². The predicted molar refractivity (Wildman–Crippen MR) is 114 cm³/mol. The van der Waals surface area contributed by atoms with Crippen LogP contribution < -0.4 is 9.80 Å². The topological polar surface area (TPSA) is 53.5 Å². The van der Waals surface area contributed by atoms with Crippen LogP contribution in [-0.2, 0) is 4.79 Å². The number of aromatic nitrogens is 1. The largest absolute Gasteiger partial charge is 0.305 e. The van der Waals surface area contributed by atoms with Gasteiger partial charge in [0.05, 0.1) is 6.04 Å². The van der Waals surface area contributed by atoms with Crippen molar-refractivity contribution in [1.82, 2.24) is 4.98 Å². The van der Waals surface area contributed by atoms with Crippen LogP contribution in [0.4, 0.5) is 11.4 Å². The summed E-state index contributed by atoms with van der Waals surface area (Å²) in [5.41, 5.74) is 3.29. The third kappa shape index (κ3) is 3.51. The Balaban J connectivity index is 1.79. The first-order valence-corrected chi connectivity index (χ1v) is 9.75. The van der Waals surface area contributed by atoms with Crippen LogP contribution in [0.1, 0.15) is 42.2 Å². The smallest absolute Gasteiger partial charge is 0.258 e. The van der Waals surface area contributed by atoms with E-state index in [9.17, 15) is 9.59 Å². The lowest BCUT2D eigenvalue weighted by molar-refractivity contribution is -0.117. The molecule has 29 heavy (non-hydrogen) atoms. The van der Waals surface area contributed by atoms with E-state index in [-0.39, 0.29) is 23.9 Å². The Labute approximate surface area is 170 Å². The SMILES string of the molecule is CC(=O)N(c1ccccc1)C1CC(C)N(C(=O)c2ccncc2)c2ccccc21. The summed E-state index contributed by atoms with van der Waals surface area (Å²) in [5, 5.41) is 0. The van der Waals surface area contributed by atoms with Gasteiger partial charge in [-0.2, -0.15) is 0 Å². The number of fused-ring (bicyclic) bond motifs is 1. The molecule has 2 atom stereocenters. The summed E-state index contributed by atoms with van der Waals surface area (Å²) in [5.74, 6) is -0.0722. The highest BCUT2D eigenvalue weighted by Gasteiger charge is 2.37. The first kappa shape index (κ1) is 18.9. The molecular formula is C24H23N3O2. The fourth-order valence-corrected chi connectivity index (χ4v) is 4.14. The summed E-state index contributed by atoms with van der Waals surface area (Å²) < 4.78 is 0. The van der Waals surface area contributed by atoms with Crippen molar-refractivity contribution in [3.8, 4) is 0 Å². The maximum absolute atomic E-state index is 13.3. The van der Waals surface area contributed by atoms with Crippen LogP contribution in [0.5, 0.6) is 0 Å². The van der Waals surface area contributed by atoms with E-state index in [0.29, 0.717) is 12.0 Å². The van der Waals surface area contributed by atoms with Crippen molar-refractivity contribution < 1.29 is 9.59 Å². The Morgan fingerprint density at radius 2 is 1.62 bits per heavy atom. The predicted octanol–water partition coefficient (Wildman–Crippen LogP) is 4.61. The normalized spacial score (nSPS) is 18.1. The fourth-order valence-electron chi connectivity index (χ4n) is 4.14. The van der Waals surface area contributed by atoms with Crippen LogP contribution >= 0.6 is 0 Å². The van der Waals surface area contributed by atoms with Gasteiger partial charge in [0.15, 0.2) is 0 Å². The van der Waals surface area contributed by atoms with Gasteiger partial charge in [0.2, 0.25) is 5.91 Å². The number of para-hydroxylation sites is 2. The molecule has 0 radical (unpaired) electrons. The molecule has 5 nitrogen and oxygen atoms in total. The van der Waals surface area contributed by atoms with Crippen molar-refractivity contribution >= 4 is 23.2 Å². The number of nitrogens with zero attached hydrogens (tertiary/aromatic N) is 3. The van der Waals surface area contributed by atoms with E-state index in [1.54, 1.807) is 31.5 Å². The molecule has 0 fully saturated rings. The lowest BCUT2D eigenvalue weighted by atomic mass is 9.89. The molecule has 3 aromatic rings. The average Bonchev–Trinajstić information content (AvgIpc) is 2.75. The van der Waals surface area contributed by atoms with E-state index in [1.165, 1.54) is 0 Å². The van der Waals surface area contributed by atoms with Gasteiger partial charge in [0.25, 0.3) is 5.91 Å². The molecule has 0 saturated heterocycles. The van der Waals surface area contributed by atoms with Crippen LogP contribution in [0, 0.1) is 0 Å². The molecule has 0 spiro atoms. The van der Waals surface area contributed by atoms with Gasteiger partial charge in [0.1, 0.15) is 0 Å². The monoisotopic (exact) mass is 385 g/mol. The molecular weight excluding hydrogens is 362 g/mol. The van der Waals surface area contributed by atoms with Crippen LogP contribution in [0.25, 0.3) is 0 Å². The number of rotatable bonds is 3. The number of anilines is 2. The highest BCUT2D eigenvalue weighted by Crippen LogP contribution is 2.42. The summed E-state index contributed by atoms with van der Waals surface area (Å²) in [7, 11) is 0. The zero-order valence-corrected chi connectivity index (χ0v) is 16.5. The molecule has 2 heterocycles. The minimum Gasteiger partial charge on any atom is -0.305 e. The van der Waals surface area contributed by atoms with Gasteiger partial charge in [-0.25, -0.2) is 0 Å². The van der Waals surface area contributed by atoms with Crippen molar-refractivity contribution in [2.45, 2.75) is 32.4 Å². The second-order valence-electron chi connectivity index (χ2n) is 7.29. The summed E-state index contributed by atoms with van der Waals surface area (Å²) in [6, 6.07) is 20.8. The van der Waals surface area contributed by atoms with Crippen LogP contribution in [-0.4, -0.2) is 22.8 Å². The molecule has 2 aromatic carbocycles. The molecule has 5 heteroatoms. The Hall–Kier alpha value is -3.47. The van der Waals surface area contributed by atoms with Gasteiger partial charge in [-0.3, -0.25) is 14.6 Å². The molecule has 4 rings (SSSR count). The number of hydrogen-bond acceptors (Lipinski definition) is 3. The quantitative estimate of drug-likeness (QED) is 0.661. The number of pyridine rings is 1. The molecule has 2 amide bonds.